The molecule has 0 aliphatic carbocycles. The maximum atomic E-state index is 11.4. The fourth-order valence-corrected chi connectivity index (χ4v) is 1.23. The molecule has 1 aromatic rings. The summed E-state index contributed by atoms with van der Waals surface area (Å²) in [5.74, 6) is -1.82. The number of carbonyl (C=O) groups is 2. The first-order chi connectivity index (χ1) is 7.18. The van der Waals surface area contributed by atoms with E-state index < -0.39 is 24.1 Å². The van der Waals surface area contributed by atoms with Crippen molar-refractivity contribution in [2.45, 2.75) is 12.2 Å². The maximum absolute atomic E-state index is 11.4. The molecule has 2 atom stereocenters. The van der Waals surface area contributed by atoms with Crippen LogP contribution in [0.1, 0.15) is 0 Å². The number of hydrogen-bond donors (Lipinski definition) is 1. The molecule has 1 aromatic carbocycles. The Kier molecular flexibility index (Phi) is 4.49. The van der Waals surface area contributed by atoms with E-state index in [2.05, 4.69) is 10.1 Å². The average molecular weight is 229 g/mol. The van der Waals surface area contributed by atoms with Gasteiger partial charge >= 0.3 is 29.6 Å². The predicted molar refractivity (Wildman–Crippen MR) is 48.7 cm³/mol. The molecule has 16 heavy (non-hydrogen) atoms. The number of carboxylic acid groups (broad SMARTS) is 1. The van der Waals surface area contributed by atoms with Crippen molar-refractivity contribution >= 4 is 17.6 Å². The Hall–Kier alpha value is -0.880. The van der Waals surface area contributed by atoms with Crippen molar-refractivity contribution in [3.05, 3.63) is 30.3 Å². The van der Waals surface area contributed by atoms with E-state index in [0.717, 1.165) is 0 Å². The van der Waals surface area contributed by atoms with E-state index in [1.807, 2.05) is 6.07 Å². The zero-order valence-electron chi connectivity index (χ0n) is 8.67. The molecule has 0 bridgehead atoms. The van der Waals surface area contributed by atoms with Crippen molar-refractivity contribution in [2.75, 3.05) is 5.32 Å². The predicted octanol–water partition coefficient (Wildman–Crippen LogP) is -3.85. The van der Waals surface area contributed by atoms with E-state index in [0.29, 0.717) is 5.69 Å². The number of ether oxygens (including phenoxy) is 1. The maximum Gasteiger partial charge on any atom is 1.00 e. The van der Waals surface area contributed by atoms with Crippen LogP contribution in [0, 0.1) is 0 Å². The number of aliphatic carboxylic acids is 1. The van der Waals surface area contributed by atoms with Crippen molar-refractivity contribution in [3.63, 3.8) is 0 Å². The Morgan fingerprint density at radius 3 is 2.31 bits per heavy atom. The van der Waals surface area contributed by atoms with Crippen LogP contribution in [0.4, 0.5) is 5.69 Å². The van der Waals surface area contributed by atoms with Crippen molar-refractivity contribution in [2.24, 2.45) is 0 Å². The number of carboxylic acids is 1. The van der Waals surface area contributed by atoms with Gasteiger partial charge in [0.1, 0.15) is 6.10 Å². The molecule has 1 fully saturated rings. The number of para-hydroxylation sites is 1. The van der Waals surface area contributed by atoms with Gasteiger partial charge in [-0.25, -0.2) is 0 Å². The van der Waals surface area contributed by atoms with Crippen LogP contribution in [0.15, 0.2) is 30.3 Å². The summed E-state index contributed by atoms with van der Waals surface area (Å²) in [4.78, 5) is 21.7. The molecule has 5 nitrogen and oxygen atoms in total. The molecule has 1 amide bonds. The minimum Gasteiger partial charge on any atom is -0.547 e. The van der Waals surface area contributed by atoms with E-state index in [4.69, 9.17) is 0 Å². The Labute approximate surface area is 114 Å². The Balaban J connectivity index is 0.00000128. The Morgan fingerprint density at radius 2 is 1.81 bits per heavy atom. The van der Waals surface area contributed by atoms with Gasteiger partial charge in [0.2, 0.25) is 0 Å². The Bertz CT molecular complexity index is 395. The largest absolute Gasteiger partial charge is 1.00 e. The molecule has 78 valence electrons. The fraction of sp³-hybridized carbons (Fsp3) is 0.200. The second kappa shape index (κ2) is 5.45. The normalized spacial score (nSPS) is 21.8. The summed E-state index contributed by atoms with van der Waals surface area (Å²) in [7, 11) is 0. The van der Waals surface area contributed by atoms with Gasteiger partial charge < -0.3 is 20.0 Å². The van der Waals surface area contributed by atoms with Crippen LogP contribution in [-0.2, 0) is 14.3 Å². The number of nitrogens with one attached hydrogen (secondary N) is 1. The molecule has 1 aliphatic rings. The van der Waals surface area contributed by atoms with Crippen molar-refractivity contribution in [1.82, 2.24) is 0 Å². The molecule has 0 aromatic heterocycles. The number of amides is 1. The fourth-order valence-electron chi connectivity index (χ4n) is 1.23. The van der Waals surface area contributed by atoms with Gasteiger partial charge in [-0.2, -0.15) is 0 Å². The first-order valence-electron chi connectivity index (χ1n) is 4.41. The van der Waals surface area contributed by atoms with Gasteiger partial charge in [-0.3, -0.25) is 4.79 Å². The minimum absolute atomic E-state index is 0. The number of hydrogen-bond acceptors (Lipinski definition) is 4. The molecule has 2 unspecified atom stereocenters. The SMILES string of the molecule is O=C([O-])C1OC1C(=O)Nc1ccccc1.[Na+]. The summed E-state index contributed by atoms with van der Waals surface area (Å²) in [6, 6.07) is 8.75. The Morgan fingerprint density at radius 1 is 1.19 bits per heavy atom. The van der Waals surface area contributed by atoms with Crippen LogP contribution < -0.4 is 40.0 Å². The van der Waals surface area contributed by atoms with E-state index in [9.17, 15) is 14.7 Å². The third-order valence-electron chi connectivity index (χ3n) is 2.02. The quantitative estimate of drug-likeness (QED) is 0.425. The number of epoxide rings is 1. The van der Waals surface area contributed by atoms with Gasteiger partial charge in [0.05, 0.1) is 5.97 Å². The first-order valence-corrected chi connectivity index (χ1v) is 4.41. The monoisotopic (exact) mass is 229 g/mol. The van der Waals surface area contributed by atoms with Crippen LogP contribution in [0.5, 0.6) is 0 Å². The molecular formula is C10H8NNaO4. The van der Waals surface area contributed by atoms with Gasteiger partial charge in [0.25, 0.3) is 5.91 Å². The van der Waals surface area contributed by atoms with Crippen molar-refractivity contribution in [3.8, 4) is 0 Å². The molecule has 0 spiro atoms. The summed E-state index contributed by atoms with van der Waals surface area (Å²) < 4.78 is 4.64. The summed E-state index contributed by atoms with van der Waals surface area (Å²) in [5.41, 5.74) is 0.607. The molecule has 1 N–H and O–H groups in total. The number of benzene rings is 1. The molecule has 6 heteroatoms. The molecule has 1 heterocycles. The summed E-state index contributed by atoms with van der Waals surface area (Å²) in [6.45, 7) is 0. The topological polar surface area (TPSA) is 81.8 Å². The smallest absolute Gasteiger partial charge is 0.547 e. The summed E-state index contributed by atoms with van der Waals surface area (Å²) >= 11 is 0. The van der Waals surface area contributed by atoms with E-state index in [1.165, 1.54) is 0 Å². The van der Waals surface area contributed by atoms with E-state index in [1.54, 1.807) is 24.3 Å². The van der Waals surface area contributed by atoms with Crippen LogP contribution in [-0.4, -0.2) is 24.1 Å². The molecule has 1 aliphatic heterocycles. The van der Waals surface area contributed by atoms with Crippen molar-refractivity contribution < 1.29 is 49.0 Å². The van der Waals surface area contributed by atoms with Crippen molar-refractivity contribution in [1.29, 1.82) is 0 Å². The first kappa shape index (κ1) is 13.2. The van der Waals surface area contributed by atoms with E-state index in [-0.39, 0.29) is 29.6 Å². The summed E-state index contributed by atoms with van der Waals surface area (Å²) in [5, 5.41) is 12.8. The van der Waals surface area contributed by atoms with Crippen LogP contribution in [0.3, 0.4) is 0 Å². The zero-order valence-corrected chi connectivity index (χ0v) is 10.7. The minimum atomic E-state index is -1.36. The van der Waals surface area contributed by atoms with Crippen LogP contribution in [0.25, 0.3) is 0 Å². The standard InChI is InChI=1S/C10H9NO4.Na/c12-9(7-8(15-7)10(13)14)11-6-4-2-1-3-5-6;/h1-5,7-8H,(H,11,12)(H,13,14);/q;+1/p-1. The van der Waals surface area contributed by atoms with Crippen LogP contribution in [0.2, 0.25) is 0 Å². The third kappa shape index (κ3) is 3.05. The van der Waals surface area contributed by atoms with Gasteiger partial charge in [-0.05, 0) is 12.1 Å². The molecule has 1 saturated heterocycles. The zero-order chi connectivity index (χ0) is 10.8. The van der Waals surface area contributed by atoms with Gasteiger partial charge in [-0.15, -0.1) is 0 Å². The van der Waals surface area contributed by atoms with Gasteiger partial charge in [-0.1, -0.05) is 18.2 Å². The molecule has 0 radical (unpaired) electrons. The van der Waals surface area contributed by atoms with Gasteiger partial charge in [0, 0.05) is 5.69 Å². The van der Waals surface area contributed by atoms with Gasteiger partial charge in [0.15, 0.2) is 6.10 Å². The summed E-state index contributed by atoms with van der Waals surface area (Å²) in [6.07, 6.45) is -2.02. The molecular weight excluding hydrogens is 221 g/mol. The second-order valence-electron chi connectivity index (χ2n) is 3.15. The second-order valence-corrected chi connectivity index (χ2v) is 3.15. The number of rotatable bonds is 3. The molecule has 2 rings (SSSR count). The molecule has 0 saturated carbocycles. The average Bonchev–Trinajstić information content (AvgIpc) is 2.98. The van der Waals surface area contributed by atoms with Crippen LogP contribution >= 0.6 is 0 Å². The third-order valence-corrected chi connectivity index (χ3v) is 2.02. The number of anilines is 1. The number of carbonyl (C=O) groups excluding carboxylic acids is 2. The van der Waals surface area contributed by atoms with E-state index >= 15 is 0 Å².